The Morgan fingerprint density at radius 1 is 1.38 bits per heavy atom. The number of benzene rings is 1. The third-order valence-corrected chi connectivity index (χ3v) is 7.32. The first-order valence-corrected chi connectivity index (χ1v) is 11.3. The molecule has 2 aromatic heterocycles. The predicted octanol–water partition coefficient (Wildman–Crippen LogP) is 4.66. The van der Waals surface area contributed by atoms with Crippen LogP contribution in [0.3, 0.4) is 0 Å². The van der Waals surface area contributed by atoms with Crippen molar-refractivity contribution in [3.8, 4) is 0 Å². The maximum Gasteiger partial charge on any atom is 0.341 e. The van der Waals surface area contributed by atoms with Crippen molar-refractivity contribution in [1.29, 1.82) is 0 Å². The number of imidazole rings is 1. The number of anilines is 1. The Balaban J connectivity index is 1.53. The maximum atomic E-state index is 12.9. The largest absolute Gasteiger partial charge is 0.465 e. The summed E-state index contributed by atoms with van der Waals surface area (Å²) in [6, 6.07) is 7.76. The summed E-state index contributed by atoms with van der Waals surface area (Å²) in [7, 11) is 1.38. The quantitative estimate of drug-likeness (QED) is 0.455. The Morgan fingerprint density at radius 2 is 2.17 bits per heavy atom. The van der Waals surface area contributed by atoms with Gasteiger partial charge in [-0.05, 0) is 49.8 Å². The summed E-state index contributed by atoms with van der Waals surface area (Å²) in [6.45, 7) is 4.05. The van der Waals surface area contributed by atoms with Crippen LogP contribution in [0.5, 0.6) is 0 Å². The highest BCUT2D eigenvalue weighted by atomic mass is 32.2. The number of hydrogen-bond donors (Lipinski definition) is 2. The van der Waals surface area contributed by atoms with E-state index >= 15 is 0 Å². The van der Waals surface area contributed by atoms with Gasteiger partial charge in [-0.25, -0.2) is 9.78 Å². The van der Waals surface area contributed by atoms with Gasteiger partial charge in [-0.2, -0.15) is 0 Å². The van der Waals surface area contributed by atoms with Crippen LogP contribution in [0.4, 0.5) is 5.00 Å². The second kappa shape index (κ2) is 8.20. The molecule has 29 heavy (non-hydrogen) atoms. The summed E-state index contributed by atoms with van der Waals surface area (Å²) in [6.07, 6.45) is 2.82. The molecule has 1 aliphatic rings. The fourth-order valence-corrected chi connectivity index (χ4v) is 5.80. The number of aromatic amines is 1. The molecule has 152 valence electrons. The van der Waals surface area contributed by atoms with Crippen LogP contribution >= 0.6 is 23.1 Å². The van der Waals surface area contributed by atoms with Crippen LogP contribution in [0.2, 0.25) is 0 Å². The van der Waals surface area contributed by atoms with Gasteiger partial charge in [0.1, 0.15) is 5.00 Å². The van der Waals surface area contributed by atoms with E-state index in [-0.39, 0.29) is 17.1 Å². The summed E-state index contributed by atoms with van der Waals surface area (Å²) in [5.74, 6) is 0.0370. The first-order valence-electron chi connectivity index (χ1n) is 9.61. The smallest absolute Gasteiger partial charge is 0.341 e. The second-order valence-corrected chi connectivity index (χ2v) is 9.79. The van der Waals surface area contributed by atoms with Gasteiger partial charge >= 0.3 is 5.97 Å². The number of ether oxygens (including phenoxy) is 1. The van der Waals surface area contributed by atoms with Crippen LogP contribution in [-0.4, -0.2) is 34.2 Å². The summed E-state index contributed by atoms with van der Waals surface area (Å²) in [5.41, 5.74) is 3.37. The van der Waals surface area contributed by atoms with Gasteiger partial charge in [0.2, 0.25) is 5.91 Å². The first kappa shape index (κ1) is 20.0. The number of esters is 1. The van der Waals surface area contributed by atoms with E-state index in [2.05, 4.69) is 22.2 Å². The summed E-state index contributed by atoms with van der Waals surface area (Å²) in [4.78, 5) is 34.2. The van der Waals surface area contributed by atoms with Crippen molar-refractivity contribution >= 4 is 51.0 Å². The summed E-state index contributed by atoms with van der Waals surface area (Å²) >= 11 is 2.86. The van der Waals surface area contributed by atoms with Gasteiger partial charge in [0.25, 0.3) is 0 Å². The monoisotopic (exact) mass is 429 g/mol. The molecular weight excluding hydrogens is 406 g/mol. The molecule has 6 nitrogen and oxygen atoms in total. The molecule has 8 heteroatoms. The molecule has 2 unspecified atom stereocenters. The van der Waals surface area contributed by atoms with E-state index in [1.54, 1.807) is 0 Å². The Kier molecular flexibility index (Phi) is 5.65. The number of carbonyl (C=O) groups is 2. The third kappa shape index (κ3) is 4.04. The summed E-state index contributed by atoms with van der Waals surface area (Å²) < 4.78 is 5.00. The zero-order chi connectivity index (χ0) is 20.5. The van der Waals surface area contributed by atoms with E-state index in [1.165, 1.54) is 35.1 Å². The molecule has 0 saturated heterocycles. The highest BCUT2D eigenvalue weighted by Gasteiger charge is 2.29. The van der Waals surface area contributed by atoms with E-state index in [4.69, 9.17) is 4.74 Å². The third-order valence-electron chi connectivity index (χ3n) is 5.16. The number of rotatable bonds is 5. The molecule has 2 atom stereocenters. The molecule has 0 saturated carbocycles. The van der Waals surface area contributed by atoms with Crippen LogP contribution < -0.4 is 5.32 Å². The average Bonchev–Trinajstić information content (AvgIpc) is 3.26. The van der Waals surface area contributed by atoms with Gasteiger partial charge < -0.3 is 15.0 Å². The Morgan fingerprint density at radius 3 is 2.93 bits per heavy atom. The number of aromatic nitrogens is 2. The predicted molar refractivity (Wildman–Crippen MR) is 117 cm³/mol. The van der Waals surface area contributed by atoms with Crippen molar-refractivity contribution in [3.05, 3.63) is 40.3 Å². The standard InChI is InChI=1S/C21H23N3O3S2/c1-11-8-9-13-16(10-11)29-19(17(13)20(26)27-3)24-18(25)12(2)28-21-22-14-6-4-5-7-15(14)23-21/h4-7,11-12H,8-10H2,1-3H3,(H,22,23)(H,24,25). The minimum absolute atomic E-state index is 0.160. The normalized spacial score (nSPS) is 17.0. The Bertz CT molecular complexity index is 1040. The van der Waals surface area contributed by atoms with Gasteiger partial charge in [-0.15, -0.1) is 11.3 Å². The number of para-hydroxylation sites is 2. The maximum absolute atomic E-state index is 12.9. The molecule has 2 heterocycles. The van der Waals surface area contributed by atoms with Gasteiger partial charge in [0, 0.05) is 4.88 Å². The lowest BCUT2D eigenvalue weighted by Gasteiger charge is -2.18. The van der Waals surface area contributed by atoms with Crippen molar-refractivity contribution in [2.45, 2.75) is 43.5 Å². The molecule has 3 aromatic rings. The molecule has 1 amide bonds. The SMILES string of the molecule is COC(=O)c1c(NC(=O)C(C)Sc2nc3ccccc3[nH]2)sc2c1CCC(C)C2. The summed E-state index contributed by atoms with van der Waals surface area (Å²) in [5, 5.41) is 3.88. The minimum atomic E-state index is -0.384. The zero-order valence-electron chi connectivity index (χ0n) is 16.6. The second-order valence-electron chi connectivity index (χ2n) is 7.36. The van der Waals surface area contributed by atoms with Crippen LogP contribution in [0, 0.1) is 5.92 Å². The topological polar surface area (TPSA) is 84.1 Å². The van der Waals surface area contributed by atoms with Crippen molar-refractivity contribution in [1.82, 2.24) is 9.97 Å². The molecular formula is C21H23N3O3S2. The van der Waals surface area contributed by atoms with Crippen molar-refractivity contribution in [2.75, 3.05) is 12.4 Å². The molecule has 0 fully saturated rings. The fourth-order valence-electron chi connectivity index (χ4n) is 3.58. The number of thioether (sulfide) groups is 1. The van der Waals surface area contributed by atoms with E-state index in [0.29, 0.717) is 21.6 Å². The van der Waals surface area contributed by atoms with E-state index < -0.39 is 0 Å². The number of nitrogens with zero attached hydrogens (tertiary/aromatic N) is 1. The molecule has 1 aromatic carbocycles. The number of methoxy groups -OCH3 is 1. The highest BCUT2D eigenvalue weighted by Crippen LogP contribution is 2.40. The van der Waals surface area contributed by atoms with Gasteiger partial charge in [-0.1, -0.05) is 30.8 Å². The van der Waals surface area contributed by atoms with E-state index in [0.717, 1.165) is 35.9 Å². The molecule has 0 radical (unpaired) electrons. The zero-order valence-corrected chi connectivity index (χ0v) is 18.2. The number of thiophene rings is 1. The number of amides is 1. The molecule has 2 N–H and O–H groups in total. The number of H-pyrrole nitrogens is 1. The van der Waals surface area contributed by atoms with Gasteiger partial charge in [-0.3, -0.25) is 4.79 Å². The fraction of sp³-hybridized carbons (Fsp3) is 0.381. The lowest BCUT2D eigenvalue weighted by molar-refractivity contribution is -0.115. The molecule has 1 aliphatic carbocycles. The van der Waals surface area contributed by atoms with Crippen molar-refractivity contribution < 1.29 is 14.3 Å². The average molecular weight is 430 g/mol. The Labute approximate surface area is 177 Å². The Hall–Kier alpha value is -2.32. The van der Waals surface area contributed by atoms with E-state index in [9.17, 15) is 9.59 Å². The van der Waals surface area contributed by atoms with Crippen LogP contribution in [0.1, 0.15) is 41.1 Å². The molecule has 0 spiro atoms. The first-order chi connectivity index (χ1) is 14.0. The lowest BCUT2D eigenvalue weighted by atomic mass is 9.88. The highest BCUT2D eigenvalue weighted by molar-refractivity contribution is 8.00. The lowest BCUT2D eigenvalue weighted by Crippen LogP contribution is -2.23. The van der Waals surface area contributed by atoms with Crippen molar-refractivity contribution in [3.63, 3.8) is 0 Å². The van der Waals surface area contributed by atoms with E-state index in [1.807, 2.05) is 31.2 Å². The van der Waals surface area contributed by atoms with Gasteiger partial charge in [0.05, 0.1) is 29.0 Å². The van der Waals surface area contributed by atoms with Crippen molar-refractivity contribution in [2.24, 2.45) is 5.92 Å². The minimum Gasteiger partial charge on any atom is -0.465 e. The van der Waals surface area contributed by atoms with Crippen LogP contribution in [0.15, 0.2) is 29.4 Å². The number of carbonyl (C=O) groups excluding carboxylic acids is 2. The van der Waals surface area contributed by atoms with Crippen LogP contribution in [-0.2, 0) is 22.4 Å². The van der Waals surface area contributed by atoms with Crippen LogP contribution in [0.25, 0.3) is 11.0 Å². The number of nitrogens with one attached hydrogen (secondary N) is 2. The molecule has 0 bridgehead atoms. The van der Waals surface area contributed by atoms with Gasteiger partial charge in [0.15, 0.2) is 5.16 Å². The number of hydrogen-bond acceptors (Lipinski definition) is 6. The molecule has 4 rings (SSSR count). The molecule has 0 aliphatic heterocycles. The number of fused-ring (bicyclic) bond motifs is 2.